The van der Waals surface area contributed by atoms with Crippen LogP contribution in [0.5, 0.6) is 0 Å². The molecule has 8 heteroatoms. The summed E-state index contributed by atoms with van der Waals surface area (Å²) in [6.07, 6.45) is 7.36. The zero-order valence-corrected chi connectivity index (χ0v) is 22.2. The van der Waals surface area contributed by atoms with Gasteiger partial charge < -0.3 is 9.47 Å². The predicted molar refractivity (Wildman–Crippen MR) is 138 cm³/mol. The Kier molecular flexibility index (Phi) is 14.1. The van der Waals surface area contributed by atoms with Gasteiger partial charge in [-0.05, 0) is 31.2 Å². The second-order valence-electron chi connectivity index (χ2n) is 9.38. The zero-order chi connectivity index (χ0) is 26.2. The Hall–Kier alpha value is -2.45. The second kappa shape index (κ2) is 17.1. The Labute approximate surface area is 216 Å². The van der Waals surface area contributed by atoms with Crippen LogP contribution in [0.4, 0.5) is 4.79 Å². The van der Waals surface area contributed by atoms with E-state index in [1.165, 1.54) is 9.96 Å². The number of nitrogens with zero attached hydrogens (tertiary/aromatic N) is 2. The van der Waals surface area contributed by atoms with Crippen LogP contribution in [0.1, 0.15) is 77.7 Å². The molecule has 0 aliphatic carbocycles. The third-order valence-electron chi connectivity index (χ3n) is 6.51. The van der Waals surface area contributed by atoms with Gasteiger partial charge in [-0.2, -0.15) is 0 Å². The number of rotatable bonds is 19. The molecule has 1 aromatic carbocycles. The number of unbranched alkanes of at least 4 members (excludes halogenated alkanes) is 4. The molecule has 0 spiro atoms. The Morgan fingerprint density at radius 2 is 1.78 bits per heavy atom. The van der Waals surface area contributed by atoms with Crippen LogP contribution in [0.25, 0.3) is 0 Å². The van der Waals surface area contributed by atoms with Crippen molar-refractivity contribution in [2.24, 2.45) is 5.92 Å². The lowest BCUT2D eigenvalue weighted by Crippen LogP contribution is -2.52. The van der Waals surface area contributed by atoms with E-state index in [-0.39, 0.29) is 19.1 Å². The minimum absolute atomic E-state index is 0.156. The van der Waals surface area contributed by atoms with Gasteiger partial charge in [0.2, 0.25) is 12.3 Å². The van der Waals surface area contributed by atoms with Crippen molar-refractivity contribution in [2.45, 2.75) is 90.6 Å². The minimum atomic E-state index is -0.645. The van der Waals surface area contributed by atoms with Crippen LogP contribution in [0.3, 0.4) is 0 Å². The van der Waals surface area contributed by atoms with Gasteiger partial charge >= 0.3 is 6.09 Å². The molecular weight excluding hydrogens is 460 g/mol. The number of benzene rings is 1. The Bertz CT molecular complexity index is 775. The predicted octanol–water partition coefficient (Wildman–Crippen LogP) is 5.15. The van der Waals surface area contributed by atoms with E-state index in [0.717, 1.165) is 50.5 Å². The fourth-order valence-corrected chi connectivity index (χ4v) is 4.38. The first-order valence-corrected chi connectivity index (χ1v) is 13.5. The standard InChI is InChI=1S/C28H44N2O6/c1-4-7-11-16-25(26(21-34-17-8-5-2)29(22-31)36-18-9-6-3)27(32)30-24(20-35-28(30)33)19-23-14-12-10-13-15-23/h10,12-15,22,24-26H,4-9,11,16-21H2,1-3H3/t24-,25+,26+/m0/s1. The summed E-state index contributed by atoms with van der Waals surface area (Å²) in [6, 6.07) is 8.73. The first-order valence-electron chi connectivity index (χ1n) is 13.5. The third kappa shape index (κ3) is 9.21. The largest absolute Gasteiger partial charge is 0.447 e. The van der Waals surface area contributed by atoms with Crippen LogP contribution in [-0.4, -0.2) is 66.9 Å². The van der Waals surface area contributed by atoms with Crippen molar-refractivity contribution in [3.63, 3.8) is 0 Å². The summed E-state index contributed by atoms with van der Waals surface area (Å²) >= 11 is 0. The highest BCUT2D eigenvalue weighted by Crippen LogP contribution is 2.27. The molecule has 1 fully saturated rings. The molecule has 1 heterocycles. The summed E-state index contributed by atoms with van der Waals surface area (Å²) in [4.78, 5) is 45.9. The van der Waals surface area contributed by atoms with E-state index in [9.17, 15) is 14.4 Å². The average Bonchev–Trinajstić information content (AvgIpc) is 3.25. The lowest BCUT2D eigenvalue weighted by molar-refractivity contribution is -0.202. The summed E-state index contributed by atoms with van der Waals surface area (Å²) in [5.74, 6) is -0.974. The molecular formula is C28H44N2O6. The number of ether oxygens (including phenoxy) is 2. The SMILES string of the molecule is CCCCC[C@@H](C(=O)N1C(=O)OC[C@@H]1Cc1ccccc1)[C@@H](COCCCC)N(C=O)OCCCC. The molecule has 0 unspecified atom stereocenters. The van der Waals surface area contributed by atoms with Gasteiger partial charge in [-0.25, -0.2) is 14.8 Å². The molecule has 1 aliphatic rings. The Morgan fingerprint density at radius 1 is 1.08 bits per heavy atom. The average molecular weight is 505 g/mol. The van der Waals surface area contributed by atoms with Gasteiger partial charge in [0.05, 0.1) is 31.2 Å². The smallest absolute Gasteiger partial charge is 0.416 e. The van der Waals surface area contributed by atoms with Gasteiger partial charge in [-0.15, -0.1) is 0 Å². The van der Waals surface area contributed by atoms with Gasteiger partial charge in [0, 0.05) is 6.61 Å². The molecule has 2 rings (SSSR count). The van der Waals surface area contributed by atoms with Gasteiger partial charge in [-0.3, -0.25) is 14.4 Å². The van der Waals surface area contributed by atoms with Gasteiger partial charge in [0.25, 0.3) is 0 Å². The van der Waals surface area contributed by atoms with E-state index in [1.807, 2.05) is 37.3 Å². The fourth-order valence-electron chi connectivity index (χ4n) is 4.38. The van der Waals surface area contributed by atoms with E-state index in [2.05, 4.69) is 13.8 Å². The monoisotopic (exact) mass is 504 g/mol. The van der Waals surface area contributed by atoms with Crippen molar-refractivity contribution in [1.29, 1.82) is 0 Å². The van der Waals surface area contributed by atoms with Crippen LogP contribution in [-0.2, 0) is 30.3 Å². The Morgan fingerprint density at radius 3 is 2.44 bits per heavy atom. The molecule has 1 saturated heterocycles. The Balaban J connectivity index is 2.30. The van der Waals surface area contributed by atoms with Crippen LogP contribution >= 0.6 is 0 Å². The van der Waals surface area contributed by atoms with Gasteiger partial charge in [0.15, 0.2) is 0 Å². The molecule has 36 heavy (non-hydrogen) atoms. The van der Waals surface area contributed by atoms with E-state index < -0.39 is 24.1 Å². The summed E-state index contributed by atoms with van der Waals surface area (Å²) in [7, 11) is 0. The molecule has 0 radical (unpaired) electrons. The van der Waals surface area contributed by atoms with Crippen molar-refractivity contribution < 1.29 is 28.7 Å². The van der Waals surface area contributed by atoms with Crippen molar-refractivity contribution in [1.82, 2.24) is 9.96 Å². The maximum absolute atomic E-state index is 14.0. The number of amides is 3. The topological polar surface area (TPSA) is 85.4 Å². The molecule has 3 amide bonds. The highest BCUT2D eigenvalue weighted by atomic mass is 16.7. The third-order valence-corrected chi connectivity index (χ3v) is 6.51. The lowest BCUT2D eigenvalue weighted by atomic mass is 9.91. The highest BCUT2D eigenvalue weighted by molar-refractivity contribution is 5.95. The molecule has 1 aromatic rings. The van der Waals surface area contributed by atoms with Crippen LogP contribution in [0.15, 0.2) is 30.3 Å². The van der Waals surface area contributed by atoms with Crippen LogP contribution < -0.4 is 0 Å². The van der Waals surface area contributed by atoms with Crippen molar-refractivity contribution >= 4 is 18.4 Å². The molecule has 3 atom stereocenters. The van der Waals surface area contributed by atoms with Gasteiger partial charge in [-0.1, -0.05) is 83.2 Å². The number of carbonyl (C=O) groups is 3. The van der Waals surface area contributed by atoms with E-state index in [4.69, 9.17) is 14.3 Å². The molecule has 0 N–H and O–H groups in total. The number of hydroxylamine groups is 2. The molecule has 8 nitrogen and oxygen atoms in total. The highest BCUT2D eigenvalue weighted by Gasteiger charge is 2.44. The molecule has 1 aliphatic heterocycles. The zero-order valence-electron chi connectivity index (χ0n) is 22.2. The van der Waals surface area contributed by atoms with Crippen LogP contribution in [0, 0.1) is 5.92 Å². The first kappa shape index (κ1) is 29.8. The summed E-state index contributed by atoms with van der Waals surface area (Å²) in [6.45, 7) is 7.45. The quantitative estimate of drug-likeness (QED) is 0.147. The number of cyclic esters (lactones) is 1. The molecule has 0 bridgehead atoms. The number of hydrogen-bond acceptors (Lipinski definition) is 6. The minimum Gasteiger partial charge on any atom is -0.447 e. The maximum atomic E-state index is 14.0. The molecule has 202 valence electrons. The number of carbonyl (C=O) groups excluding carboxylic acids is 3. The van der Waals surface area contributed by atoms with Crippen molar-refractivity contribution in [2.75, 3.05) is 26.4 Å². The van der Waals surface area contributed by atoms with Gasteiger partial charge in [0.1, 0.15) is 6.61 Å². The maximum Gasteiger partial charge on any atom is 0.416 e. The first-order chi connectivity index (χ1) is 17.6. The van der Waals surface area contributed by atoms with Crippen LogP contribution in [0.2, 0.25) is 0 Å². The van der Waals surface area contributed by atoms with E-state index in [0.29, 0.717) is 32.5 Å². The summed E-state index contributed by atoms with van der Waals surface area (Å²) < 4.78 is 11.2. The molecule has 0 saturated carbocycles. The number of imide groups is 1. The molecule has 0 aromatic heterocycles. The lowest BCUT2D eigenvalue weighted by Gasteiger charge is -2.35. The van der Waals surface area contributed by atoms with Crippen molar-refractivity contribution in [3.8, 4) is 0 Å². The second-order valence-corrected chi connectivity index (χ2v) is 9.38. The number of hydrogen-bond donors (Lipinski definition) is 0. The van der Waals surface area contributed by atoms with E-state index in [1.54, 1.807) is 0 Å². The van der Waals surface area contributed by atoms with E-state index >= 15 is 0 Å². The summed E-state index contributed by atoms with van der Waals surface area (Å²) in [5.41, 5.74) is 1.03. The summed E-state index contributed by atoms with van der Waals surface area (Å²) in [5, 5.41) is 1.24. The van der Waals surface area contributed by atoms with Crippen molar-refractivity contribution in [3.05, 3.63) is 35.9 Å². The normalized spacial score (nSPS) is 17.0. The fraction of sp³-hybridized carbons (Fsp3) is 0.679.